The lowest BCUT2D eigenvalue weighted by molar-refractivity contribution is -0.129. The van der Waals surface area contributed by atoms with E-state index in [1.165, 1.54) is 32.4 Å². The van der Waals surface area contributed by atoms with Gasteiger partial charge in [-0.1, -0.05) is 27.2 Å². The van der Waals surface area contributed by atoms with E-state index in [0.29, 0.717) is 24.4 Å². The van der Waals surface area contributed by atoms with E-state index in [1.54, 1.807) is 0 Å². The van der Waals surface area contributed by atoms with Crippen molar-refractivity contribution in [3.63, 3.8) is 0 Å². The minimum absolute atomic E-state index is 0. The van der Waals surface area contributed by atoms with Crippen molar-refractivity contribution in [1.82, 2.24) is 20.4 Å². The van der Waals surface area contributed by atoms with Crippen molar-refractivity contribution in [2.24, 2.45) is 10.9 Å². The van der Waals surface area contributed by atoms with Crippen molar-refractivity contribution in [3.8, 4) is 0 Å². The fraction of sp³-hybridized carbons (Fsp3) is 0.900. The molecule has 2 unspecified atom stereocenters. The van der Waals surface area contributed by atoms with Gasteiger partial charge in [0.15, 0.2) is 5.96 Å². The molecule has 2 atom stereocenters. The molecular formula is C20H40IN5O. The zero-order valence-electron chi connectivity index (χ0n) is 17.7. The molecule has 0 spiro atoms. The van der Waals surface area contributed by atoms with Gasteiger partial charge in [0.05, 0.1) is 6.54 Å². The molecule has 2 heterocycles. The molecule has 0 aromatic rings. The summed E-state index contributed by atoms with van der Waals surface area (Å²) in [5.74, 6) is 1.85. The molecule has 2 aliphatic heterocycles. The van der Waals surface area contributed by atoms with Crippen LogP contribution in [0.5, 0.6) is 0 Å². The molecule has 2 fully saturated rings. The monoisotopic (exact) mass is 493 g/mol. The fourth-order valence-corrected chi connectivity index (χ4v) is 4.01. The number of amides is 1. The molecule has 1 amide bonds. The zero-order valence-corrected chi connectivity index (χ0v) is 20.0. The molecule has 158 valence electrons. The van der Waals surface area contributed by atoms with Crippen molar-refractivity contribution >= 4 is 35.8 Å². The van der Waals surface area contributed by atoms with Crippen molar-refractivity contribution in [1.29, 1.82) is 0 Å². The van der Waals surface area contributed by atoms with Crippen molar-refractivity contribution in [2.45, 2.75) is 71.9 Å². The molecule has 0 radical (unpaired) electrons. The normalized spacial score (nSPS) is 24.0. The third-order valence-corrected chi connectivity index (χ3v) is 5.34. The predicted octanol–water partition coefficient (Wildman–Crippen LogP) is 2.68. The lowest BCUT2D eigenvalue weighted by Gasteiger charge is -2.36. The second kappa shape index (κ2) is 12.8. The molecule has 0 bridgehead atoms. The molecule has 0 aromatic carbocycles. The Hall–Kier alpha value is -0.570. The number of likely N-dealkylation sites (tertiary alicyclic amines) is 2. The maximum absolute atomic E-state index is 11.9. The summed E-state index contributed by atoms with van der Waals surface area (Å²) >= 11 is 0. The van der Waals surface area contributed by atoms with E-state index < -0.39 is 0 Å². The Labute approximate surface area is 182 Å². The molecular weight excluding hydrogens is 453 g/mol. The summed E-state index contributed by atoms with van der Waals surface area (Å²) in [5, 5.41) is 6.93. The van der Waals surface area contributed by atoms with Crippen molar-refractivity contribution in [2.75, 3.05) is 39.3 Å². The van der Waals surface area contributed by atoms with Crippen LogP contribution in [0.15, 0.2) is 4.99 Å². The Kier molecular flexibility index (Phi) is 11.6. The number of rotatable bonds is 7. The topological polar surface area (TPSA) is 60.0 Å². The summed E-state index contributed by atoms with van der Waals surface area (Å²) in [4.78, 5) is 21.4. The van der Waals surface area contributed by atoms with Gasteiger partial charge in [0, 0.05) is 44.7 Å². The maximum atomic E-state index is 11.9. The smallest absolute Gasteiger partial charge is 0.222 e. The van der Waals surface area contributed by atoms with Gasteiger partial charge in [-0.25, -0.2) is 0 Å². The second-order valence-electron chi connectivity index (χ2n) is 8.08. The molecule has 2 rings (SSSR count). The summed E-state index contributed by atoms with van der Waals surface area (Å²) in [5.41, 5.74) is 0. The van der Waals surface area contributed by atoms with Crippen LogP contribution in [0.25, 0.3) is 0 Å². The fourth-order valence-electron chi connectivity index (χ4n) is 4.01. The number of guanidine groups is 1. The van der Waals surface area contributed by atoms with Crippen LogP contribution in [0.1, 0.15) is 59.8 Å². The lowest BCUT2D eigenvalue weighted by atomic mass is 10.0. The van der Waals surface area contributed by atoms with Gasteiger partial charge in [-0.3, -0.25) is 14.7 Å². The van der Waals surface area contributed by atoms with Crippen LogP contribution in [0.2, 0.25) is 0 Å². The Morgan fingerprint density at radius 3 is 2.63 bits per heavy atom. The molecule has 7 heteroatoms. The van der Waals surface area contributed by atoms with Gasteiger partial charge >= 0.3 is 0 Å². The van der Waals surface area contributed by atoms with E-state index in [2.05, 4.69) is 36.3 Å². The third-order valence-electron chi connectivity index (χ3n) is 5.34. The molecule has 6 nitrogen and oxygen atoms in total. The van der Waals surface area contributed by atoms with Crippen molar-refractivity contribution in [3.05, 3.63) is 0 Å². The first-order chi connectivity index (χ1) is 12.5. The summed E-state index contributed by atoms with van der Waals surface area (Å²) < 4.78 is 0. The summed E-state index contributed by atoms with van der Waals surface area (Å²) in [6, 6.07) is 0.866. The first-order valence-corrected chi connectivity index (χ1v) is 10.6. The van der Waals surface area contributed by atoms with Crippen LogP contribution in [0, 0.1) is 5.92 Å². The molecule has 2 N–H and O–H groups in total. The molecule has 0 saturated carbocycles. The van der Waals surface area contributed by atoms with Gasteiger partial charge in [0.1, 0.15) is 0 Å². The average molecular weight is 493 g/mol. The first kappa shape index (κ1) is 24.5. The first-order valence-electron chi connectivity index (χ1n) is 10.6. The number of halogens is 1. The van der Waals surface area contributed by atoms with Gasteiger partial charge in [0.25, 0.3) is 0 Å². The summed E-state index contributed by atoms with van der Waals surface area (Å²) in [6.45, 7) is 14.4. The quantitative estimate of drug-likeness (QED) is 0.325. The Morgan fingerprint density at radius 1 is 1.19 bits per heavy atom. The van der Waals surface area contributed by atoms with Gasteiger partial charge in [-0.15, -0.1) is 24.0 Å². The lowest BCUT2D eigenvalue weighted by Crippen LogP contribution is -2.47. The van der Waals surface area contributed by atoms with Crippen LogP contribution in [0.4, 0.5) is 0 Å². The molecule has 2 aliphatic rings. The van der Waals surface area contributed by atoms with Gasteiger partial charge < -0.3 is 15.5 Å². The van der Waals surface area contributed by atoms with Crippen LogP contribution in [-0.2, 0) is 4.79 Å². The number of carbonyl (C=O) groups excluding carboxylic acids is 1. The van der Waals surface area contributed by atoms with Crippen LogP contribution in [0.3, 0.4) is 0 Å². The highest BCUT2D eigenvalue weighted by Crippen LogP contribution is 2.18. The van der Waals surface area contributed by atoms with Gasteiger partial charge in [0.2, 0.25) is 5.91 Å². The average Bonchev–Trinajstić information content (AvgIpc) is 3.08. The highest BCUT2D eigenvalue weighted by molar-refractivity contribution is 14.0. The van der Waals surface area contributed by atoms with Crippen LogP contribution >= 0.6 is 24.0 Å². The number of aliphatic imine (C=N–C) groups is 1. The SMILES string of the molecule is CCNC(=NCC1CCCCN1CC(C)C)NC1CCN(C(=O)CC)C1.I. The third kappa shape index (κ3) is 8.13. The van der Waals surface area contributed by atoms with E-state index >= 15 is 0 Å². The number of carbonyl (C=O) groups is 1. The number of nitrogens with one attached hydrogen (secondary N) is 2. The van der Waals surface area contributed by atoms with Crippen LogP contribution in [-0.4, -0.2) is 73.0 Å². The predicted molar refractivity (Wildman–Crippen MR) is 124 cm³/mol. The van der Waals surface area contributed by atoms with Gasteiger partial charge in [-0.05, 0) is 38.6 Å². The van der Waals surface area contributed by atoms with E-state index in [0.717, 1.165) is 38.6 Å². The minimum Gasteiger partial charge on any atom is -0.357 e. The van der Waals surface area contributed by atoms with E-state index in [9.17, 15) is 4.79 Å². The Bertz CT molecular complexity index is 471. The highest BCUT2D eigenvalue weighted by Gasteiger charge is 2.26. The minimum atomic E-state index is 0. The molecule has 0 aliphatic carbocycles. The number of piperidine rings is 1. The maximum Gasteiger partial charge on any atom is 0.222 e. The number of hydrogen-bond acceptors (Lipinski definition) is 3. The van der Waals surface area contributed by atoms with Gasteiger partial charge in [-0.2, -0.15) is 0 Å². The number of nitrogens with zero attached hydrogens (tertiary/aromatic N) is 3. The summed E-state index contributed by atoms with van der Waals surface area (Å²) in [6.07, 6.45) is 5.47. The summed E-state index contributed by atoms with van der Waals surface area (Å²) in [7, 11) is 0. The van der Waals surface area contributed by atoms with E-state index in [4.69, 9.17) is 4.99 Å². The Morgan fingerprint density at radius 2 is 1.96 bits per heavy atom. The highest BCUT2D eigenvalue weighted by atomic mass is 127. The number of hydrogen-bond donors (Lipinski definition) is 2. The largest absolute Gasteiger partial charge is 0.357 e. The zero-order chi connectivity index (χ0) is 18.9. The second-order valence-corrected chi connectivity index (χ2v) is 8.08. The molecule has 2 saturated heterocycles. The molecule has 27 heavy (non-hydrogen) atoms. The van der Waals surface area contributed by atoms with E-state index in [1.807, 2.05) is 11.8 Å². The van der Waals surface area contributed by atoms with Crippen molar-refractivity contribution < 1.29 is 4.79 Å². The standard InChI is InChI=1S/C20H39N5O.HI/c1-5-19(26)25-12-10-17(15-25)23-20(21-6-2)22-13-18-9-7-8-11-24(18)14-16(3)4;/h16-18H,5-15H2,1-4H3,(H2,21,22,23);1H. The van der Waals surface area contributed by atoms with E-state index in [-0.39, 0.29) is 29.9 Å². The van der Waals surface area contributed by atoms with Crippen LogP contribution < -0.4 is 10.6 Å². The molecule has 0 aromatic heterocycles. The Balaban J connectivity index is 0.00000364.